The van der Waals surface area contributed by atoms with E-state index in [0.717, 1.165) is 5.56 Å². The summed E-state index contributed by atoms with van der Waals surface area (Å²) in [7, 11) is 1.56. The number of anilines is 1. The van der Waals surface area contributed by atoms with E-state index in [0.29, 0.717) is 29.8 Å². The van der Waals surface area contributed by atoms with Gasteiger partial charge in [-0.3, -0.25) is 4.79 Å². The highest BCUT2D eigenvalue weighted by Gasteiger charge is 2.18. The summed E-state index contributed by atoms with van der Waals surface area (Å²) >= 11 is 0. The number of aromatic nitrogens is 2. The fraction of sp³-hybridized carbons (Fsp3) is 0.353. The molecule has 1 aromatic carbocycles. The molecule has 1 aromatic heterocycles. The van der Waals surface area contributed by atoms with Crippen LogP contribution in [0, 0.1) is 6.92 Å². The molecule has 0 fully saturated rings. The standard InChI is InChI=1S/C17H21N3O4/c1-5-23-16-9-15(18-10-19-16)20-17(21)12(3)24-13-7-6-11(2)8-14(13)22-4/h6-10,12H,5H2,1-4H3,(H,18,19,20,21)/t12-/m1/s1. The van der Waals surface area contributed by atoms with Crippen LogP contribution in [0.3, 0.4) is 0 Å². The SMILES string of the molecule is CCOc1cc(NC(=O)[C@@H](C)Oc2ccc(C)cc2OC)ncn1. The van der Waals surface area contributed by atoms with Crippen LogP contribution in [-0.4, -0.2) is 35.7 Å². The largest absolute Gasteiger partial charge is 0.493 e. The van der Waals surface area contributed by atoms with Gasteiger partial charge in [-0.25, -0.2) is 9.97 Å². The first-order valence-corrected chi connectivity index (χ1v) is 7.60. The molecule has 0 aliphatic heterocycles. The number of ether oxygens (including phenoxy) is 3. The normalized spacial score (nSPS) is 11.5. The number of nitrogens with zero attached hydrogens (tertiary/aromatic N) is 2. The van der Waals surface area contributed by atoms with Crippen molar-refractivity contribution in [3.8, 4) is 17.4 Å². The first-order chi connectivity index (χ1) is 11.5. The lowest BCUT2D eigenvalue weighted by molar-refractivity contribution is -0.122. The smallest absolute Gasteiger partial charge is 0.266 e. The van der Waals surface area contributed by atoms with E-state index in [1.807, 2.05) is 26.0 Å². The summed E-state index contributed by atoms with van der Waals surface area (Å²) in [4.78, 5) is 20.2. The van der Waals surface area contributed by atoms with Crippen molar-refractivity contribution in [3.63, 3.8) is 0 Å². The third-order valence-electron chi connectivity index (χ3n) is 3.18. The molecule has 1 heterocycles. The number of carbonyl (C=O) groups is 1. The minimum atomic E-state index is -0.730. The van der Waals surface area contributed by atoms with Crippen LogP contribution in [-0.2, 0) is 4.79 Å². The second kappa shape index (κ2) is 8.14. The zero-order valence-corrected chi connectivity index (χ0v) is 14.2. The number of hydrogen-bond acceptors (Lipinski definition) is 6. The molecule has 0 saturated heterocycles. The Labute approximate surface area is 141 Å². The first-order valence-electron chi connectivity index (χ1n) is 7.60. The molecule has 2 rings (SSSR count). The molecule has 128 valence electrons. The van der Waals surface area contributed by atoms with E-state index >= 15 is 0 Å². The van der Waals surface area contributed by atoms with Crippen LogP contribution in [0.2, 0.25) is 0 Å². The summed E-state index contributed by atoms with van der Waals surface area (Å²) in [6.45, 7) is 5.94. The van der Waals surface area contributed by atoms with Gasteiger partial charge in [0.25, 0.3) is 5.91 Å². The Bertz CT molecular complexity index is 706. The number of rotatable bonds is 7. The van der Waals surface area contributed by atoms with Crippen molar-refractivity contribution in [2.75, 3.05) is 19.0 Å². The Hall–Kier alpha value is -2.83. The topological polar surface area (TPSA) is 82.6 Å². The van der Waals surface area contributed by atoms with Gasteiger partial charge >= 0.3 is 0 Å². The van der Waals surface area contributed by atoms with Crippen LogP contribution in [0.15, 0.2) is 30.6 Å². The van der Waals surface area contributed by atoms with E-state index in [4.69, 9.17) is 14.2 Å². The van der Waals surface area contributed by atoms with E-state index in [-0.39, 0.29) is 5.91 Å². The molecular formula is C17H21N3O4. The van der Waals surface area contributed by atoms with Gasteiger partial charge in [0.1, 0.15) is 12.1 Å². The number of amides is 1. The maximum Gasteiger partial charge on any atom is 0.266 e. The van der Waals surface area contributed by atoms with Gasteiger partial charge in [-0.15, -0.1) is 0 Å². The molecule has 0 saturated carbocycles. The van der Waals surface area contributed by atoms with Gasteiger partial charge in [0.05, 0.1) is 13.7 Å². The molecule has 2 aromatic rings. The molecule has 1 amide bonds. The molecule has 0 radical (unpaired) electrons. The van der Waals surface area contributed by atoms with E-state index in [9.17, 15) is 4.79 Å². The van der Waals surface area contributed by atoms with Crippen molar-refractivity contribution < 1.29 is 19.0 Å². The third-order valence-corrected chi connectivity index (χ3v) is 3.18. The maximum atomic E-state index is 12.3. The van der Waals surface area contributed by atoms with E-state index in [2.05, 4.69) is 15.3 Å². The number of nitrogens with one attached hydrogen (secondary N) is 1. The minimum Gasteiger partial charge on any atom is -0.493 e. The Kier molecular flexibility index (Phi) is 5.95. The summed E-state index contributed by atoms with van der Waals surface area (Å²) in [5.74, 6) is 1.50. The van der Waals surface area contributed by atoms with Gasteiger partial charge in [-0.1, -0.05) is 6.07 Å². The molecule has 0 bridgehead atoms. The lowest BCUT2D eigenvalue weighted by Gasteiger charge is -2.17. The van der Waals surface area contributed by atoms with Crippen molar-refractivity contribution >= 4 is 11.7 Å². The van der Waals surface area contributed by atoms with Gasteiger partial charge in [0, 0.05) is 6.07 Å². The average molecular weight is 331 g/mol. The first kappa shape index (κ1) is 17.5. The quantitative estimate of drug-likeness (QED) is 0.840. The molecule has 24 heavy (non-hydrogen) atoms. The maximum absolute atomic E-state index is 12.3. The zero-order chi connectivity index (χ0) is 17.5. The Morgan fingerprint density at radius 3 is 2.75 bits per heavy atom. The van der Waals surface area contributed by atoms with Gasteiger partial charge in [0.2, 0.25) is 5.88 Å². The number of benzene rings is 1. The highest BCUT2D eigenvalue weighted by molar-refractivity contribution is 5.93. The molecule has 7 heteroatoms. The Morgan fingerprint density at radius 1 is 1.25 bits per heavy atom. The number of hydrogen-bond donors (Lipinski definition) is 1. The summed E-state index contributed by atoms with van der Waals surface area (Å²) in [5, 5.41) is 2.67. The average Bonchev–Trinajstić information content (AvgIpc) is 2.57. The molecule has 1 atom stereocenters. The van der Waals surface area contributed by atoms with Crippen LogP contribution in [0.25, 0.3) is 0 Å². The monoisotopic (exact) mass is 331 g/mol. The summed E-state index contributed by atoms with van der Waals surface area (Å²) < 4.78 is 16.2. The molecule has 0 aliphatic rings. The molecule has 1 N–H and O–H groups in total. The van der Waals surface area contributed by atoms with E-state index in [1.54, 1.807) is 26.2 Å². The highest BCUT2D eigenvalue weighted by atomic mass is 16.5. The summed E-state index contributed by atoms with van der Waals surface area (Å²) in [5.41, 5.74) is 1.04. The molecular weight excluding hydrogens is 310 g/mol. The van der Waals surface area contributed by atoms with Crippen LogP contribution in [0.1, 0.15) is 19.4 Å². The van der Waals surface area contributed by atoms with Crippen molar-refractivity contribution in [2.45, 2.75) is 26.9 Å². The summed E-state index contributed by atoms with van der Waals surface area (Å²) in [6.07, 6.45) is 0.599. The van der Waals surface area contributed by atoms with Gasteiger partial charge in [-0.05, 0) is 38.5 Å². The van der Waals surface area contributed by atoms with Gasteiger partial charge in [0.15, 0.2) is 17.6 Å². The van der Waals surface area contributed by atoms with Crippen LogP contribution in [0.5, 0.6) is 17.4 Å². The lowest BCUT2D eigenvalue weighted by Crippen LogP contribution is -2.30. The predicted molar refractivity (Wildman–Crippen MR) is 89.7 cm³/mol. The van der Waals surface area contributed by atoms with Crippen LogP contribution < -0.4 is 19.5 Å². The second-order valence-electron chi connectivity index (χ2n) is 5.08. The predicted octanol–water partition coefficient (Wildman–Crippen LogP) is 2.60. The van der Waals surface area contributed by atoms with E-state index < -0.39 is 6.10 Å². The number of methoxy groups -OCH3 is 1. The molecule has 0 aliphatic carbocycles. The highest BCUT2D eigenvalue weighted by Crippen LogP contribution is 2.28. The van der Waals surface area contributed by atoms with Crippen molar-refractivity contribution in [2.24, 2.45) is 0 Å². The van der Waals surface area contributed by atoms with E-state index in [1.165, 1.54) is 6.33 Å². The molecule has 7 nitrogen and oxygen atoms in total. The fourth-order valence-electron chi connectivity index (χ4n) is 1.98. The number of aryl methyl sites for hydroxylation is 1. The van der Waals surface area contributed by atoms with Crippen LogP contribution in [0.4, 0.5) is 5.82 Å². The van der Waals surface area contributed by atoms with Crippen molar-refractivity contribution in [1.29, 1.82) is 0 Å². The lowest BCUT2D eigenvalue weighted by atomic mass is 10.2. The third kappa shape index (κ3) is 4.58. The Morgan fingerprint density at radius 2 is 2.04 bits per heavy atom. The van der Waals surface area contributed by atoms with Gasteiger partial charge < -0.3 is 19.5 Å². The van der Waals surface area contributed by atoms with Crippen molar-refractivity contribution in [1.82, 2.24) is 9.97 Å². The van der Waals surface area contributed by atoms with Gasteiger partial charge in [-0.2, -0.15) is 0 Å². The Balaban J connectivity index is 2.03. The summed E-state index contributed by atoms with van der Waals surface area (Å²) in [6, 6.07) is 7.07. The van der Waals surface area contributed by atoms with Crippen molar-refractivity contribution in [3.05, 3.63) is 36.2 Å². The molecule has 0 unspecified atom stereocenters. The number of carbonyl (C=O) groups excluding carboxylic acids is 1. The fourth-order valence-corrected chi connectivity index (χ4v) is 1.98. The minimum absolute atomic E-state index is 0.334. The molecule has 0 spiro atoms. The zero-order valence-electron chi connectivity index (χ0n) is 14.2. The van der Waals surface area contributed by atoms with Crippen LogP contribution >= 0.6 is 0 Å². The second-order valence-corrected chi connectivity index (χ2v) is 5.08.